The second-order valence-corrected chi connectivity index (χ2v) is 4.01. The van der Waals surface area contributed by atoms with E-state index in [4.69, 9.17) is 0 Å². The molecule has 1 heterocycles. The molecule has 1 saturated heterocycles. The molecule has 70 valence electrons. The lowest BCUT2D eigenvalue weighted by Gasteiger charge is -2.30. The average Bonchev–Trinajstić information content (AvgIpc) is 1.98. The van der Waals surface area contributed by atoms with Gasteiger partial charge in [-0.2, -0.15) is 12.6 Å². The van der Waals surface area contributed by atoms with Crippen molar-refractivity contribution in [2.75, 3.05) is 6.54 Å². The lowest BCUT2D eigenvalue weighted by atomic mass is 10.0. The first-order valence-electron chi connectivity index (χ1n) is 4.33. The molecule has 2 N–H and O–H groups in total. The predicted octanol–water partition coefficient (Wildman–Crippen LogP) is 0.171. The Labute approximate surface area is 78.7 Å². The van der Waals surface area contributed by atoms with Gasteiger partial charge in [-0.3, -0.25) is 4.79 Å². The maximum atomic E-state index is 11.2. The van der Waals surface area contributed by atoms with Crippen molar-refractivity contribution in [1.29, 1.82) is 0 Å². The van der Waals surface area contributed by atoms with E-state index in [1.54, 1.807) is 0 Å². The molecule has 1 aliphatic heterocycles. The Morgan fingerprint density at radius 2 is 2.33 bits per heavy atom. The fourth-order valence-electron chi connectivity index (χ4n) is 1.40. The maximum Gasteiger partial charge on any atom is 0.234 e. The number of carbonyl (C=O) groups excluding carboxylic acids is 1. The molecule has 4 heteroatoms. The Morgan fingerprint density at radius 1 is 1.67 bits per heavy atom. The Balaban J connectivity index is 2.46. The van der Waals surface area contributed by atoms with Crippen LogP contribution in [0.4, 0.5) is 0 Å². The van der Waals surface area contributed by atoms with E-state index < -0.39 is 0 Å². The first-order valence-corrected chi connectivity index (χ1v) is 4.84. The van der Waals surface area contributed by atoms with Gasteiger partial charge in [0.15, 0.2) is 0 Å². The topological polar surface area (TPSA) is 41.1 Å². The van der Waals surface area contributed by atoms with Gasteiger partial charge in [-0.15, -0.1) is 0 Å². The standard InChI is InChI=1S/C8H16N2OS/c1-5(2)10-6-3-4-9-8(11)7(6)12/h5-7,10,12H,3-4H2,1-2H3,(H,9,11). The third-order valence-electron chi connectivity index (χ3n) is 1.95. The normalized spacial score (nSPS) is 30.5. The van der Waals surface area contributed by atoms with Gasteiger partial charge in [0.05, 0.1) is 5.25 Å². The monoisotopic (exact) mass is 188 g/mol. The Morgan fingerprint density at radius 3 is 2.92 bits per heavy atom. The van der Waals surface area contributed by atoms with E-state index in [9.17, 15) is 4.79 Å². The highest BCUT2D eigenvalue weighted by Crippen LogP contribution is 2.11. The van der Waals surface area contributed by atoms with Crippen LogP contribution in [-0.2, 0) is 4.79 Å². The highest BCUT2D eigenvalue weighted by molar-refractivity contribution is 7.81. The largest absolute Gasteiger partial charge is 0.355 e. The summed E-state index contributed by atoms with van der Waals surface area (Å²) in [6.45, 7) is 4.92. The van der Waals surface area contributed by atoms with Gasteiger partial charge in [-0.05, 0) is 6.42 Å². The van der Waals surface area contributed by atoms with E-state index >= 15 is 0 Å². The van der Waals surface area contributed by atoms with Crippen LogP contribution in [0, 0.1) is 0 Å². The van der Waals surface area contributed by atoms with Gasteiger partial charge in [-0.1, -0.05) is 13.8 Å². The number of hydrogen-bond donors (Lipinski definition) is 3. The predicted molar refractivity (Wildman–Crippen MR) is 52.5 cm³/mol. The van der Waals surface area contributed by atoms with Crippen molar-refractivity contribution in [1.82, 2.24) is 10.6 Å². The van der Waals surface area contributed by atoms with Gasteiger partial charge < -0.3 is 10.6 Å². The smallest absolute Gasteiger partial charge is 0.234 e. The molecule has 12 heavy (non-hydrogen) atoms. The zero-order valence-electron chi connectivity index (χ0n) is 7.50. The van der Waals surface area contributed by atoms with Gasteiger partial charge in [0.1, 0.15) is 0 Å². The molecule has 0 aromatic heterocycles. The number of piperidine rings is 1. The molecule has 0 aliphatic carbocycles. The third kappa shape index (κ3) is 2.38. The molecule has 0 spiro atoms. The van der Waals surface area contributed by atoms with Crippen molar-refractivity contribution in [3.63, 3.8) is 0 Å². The zero-order valence-corrected chi connectivity index (χ0v) is 8.40. The SMILES string of the molecule is CC(C)NC1CCNC(=O)C1S. The quantitative estimate of drug-likeness (QED) is 0.541. The molecule has 0 aromatic rings. The van der Waals surface area contributed by atoms with Gasteiger partial charge in [0, 0.05) is 18.6 Å². The molecular weight excluding hydrogens is 172 g/mol. The van der Waals surface area contributed by atoms with Gasteiger partial charge >= 0.3 is 0 Å². The molecule has 2 unspecified atom stereocenters. The summed E-state index contributed by atoms with van der Waals surface area (Å²) in [5.74, 6) is 0.0442. The van der Waals surface area contributed by atoms with E-state index in [0.29, 0.717) is 6.04 Å². The van der Waals surface area contributed by atoms with Crippen LogP contribution in [-0.4, -0.2) is 29.8 Å². The molecule has 2 atom stereocenters. The number of nitrogens with one attached hydrogen (secondary N) is 2. The van der Waals surface area contributed by atoms with Gasteiger partial charge in [0.25, 0.3) is 0 Å². The van der Waals surface area contributed by atoms with Crippen molar-refractivity contribution in [3.8, 4) is 0 Å². The number of hydrogen-bond acceptors (Lipinski definition) is 3. The first kappa shape index (κ1) is 9.86. The van der Waals surface area contributed by atoms with Crippen LogP contribution in [0.3, 0.4) is 0 Å². The summed E-state index contributed by atoms with van der Waals surface area (Å²) in [6.07, 6.45) is 0.970. The van der Waals surface area contributed by atoms with E-state index in [1.807, 2.05) is 0 Å². The minimum Gasteiger partial charge on any atom is -0.355 e. The average molecular weight is 188 g/mol. The summed E-state index contributed by atoms with van der Waals surface area (Å²) in [5.41, 5.74) is 0. The summed E-state index contributed by atoms with van der Waals surface area (Å²) in [4.78, 5) is 11.2. The number of thiol groups is 1. The lowest BCUT2D eigenvalue weighted by molar-refractivity contribution is -0.122. The minimum atomic E-state index is -0.193. The Hall–Kier alpha value is -0.220. The second kappa shape index (κ2) is 4.14. The van der Waals surface area contributed by atoms with Crippen LogP contribution in [0.1, 0.15) is 20.3 Å². The minimum absolute atomic E-state index is 0.0442. The highest BCUT2D eigenvalue weighted by Gasteiger charge is 2.28. The summed E-state index contributed by atoms with van der Waals surface area (Å²) in [7, 11) is 0. The molecule has 0 radical (unpaired) electrons. The molecule has 0 saturated carbocycles. The van der Waals surface area contributed by atoms with Crippen LogP contribution in [0.25, 0.3) is 0 Å². The molecule has 1 fully saturated rings. The summed E-state index contributed by atoms with van der Waals surface area (Å²) in [5, 5.41) is 5.91. The van der Waals surface area contributed by atoms with E-state index in [-0.39, 0.29) is 17.2 Å². The summed E-state index contributed by atoms with van der Waals surface area (Å²) >= 11 is 4.25. The molecule has 1 rings (SSSR count). The molecular formula is C8H16N2OS. The molecule has 1 amide bonds. The first-order chi connectivity index (χ1) is 5.61. The van der Waals surface area contributed by atoms with Crippen molar-refractivity contribution < 1.29 is 4.79 Å². The number of amides is 1. The van der Waals surface area contributed by atoms with Crippen LogP contribution in [0.2, 0.25) is 0 Å². The maximum absolute atomic E-state index is 11.2. The summed E-state index contributed by atoms with van der Waals surface area (Å²) < 4.78 is 0. The van der Waals surface area contributed by atoms with E-state index in [0.717, 1.165) is 13.0 Å². The van der Waals surface area contributed by atoms with Gasteiger partial charge in [0.2, 0.25) is 5.91 Å². The van der Waals surface area contributed by atoms with Crippen molar-refractivity contribution in [3.05, 3.63) is 0 Å². The Kier molecular flexibility index (Phi) is 3.40. The van der Waals surface area contributed by atoms with Crippen LogP contribution < -0.4 is 10.6 Å². The fraction of sp³-hybridized carbons (Fsp3) is 0.875. The van der Waals surface area contributed by atoms with Crippen molar-refractivity contribution >= 4 is 18.5 Å². The zero-order chi connectivity index (χ0) is 9.14. The molecule has 3 nitrogen and oxygen atoms in total. The summed E-state index contributed by atoms with van der Waals surface area (Å²) in [6, 6.07) is 0.637. The Bertz CT molecular complexity index is 172. The third-order valence-corrected chi connectivity index (χ3v) is 2.55. The van der Waals surface area contributed by atoms with Crippen molar-refractivity contribution in [2.45, 2.75) is 37.6 Å². The van der Waals surface area contributed by atoms with Crippen LogP contribution in [0.15, 0.2) is 0 Å². The highest BCUT2D eigenvalue weighted by atomic mass is 32.1. The van der Waals surface area contributed by atoms with Gasteiger partial charge in [-0.25, -0.2) is 0 Å². The van der Waals surface area contributed by atoms with Crippen LogP contribution >= 0.6 is 12.6 Å². The van der Waals surface area contributed by atoms with Crippen LogP contribution in [0.5, 0.6) is 0 Å². The molecule has 0 bridgehead atoms. The van der Waals surface area contributed by atoms with E-state index in [1.165, 1.54) is 0 Å². The van der Waals surface area contributed by atoms with Crippen molar-refractivity contribution in [2.24, 2.45) is 0 Å². The lowest BCUT2D eigenvalue weighted by Crippen LogP contribution is -2.53. The second-order valence-electron chi connectivity index (χ2n) is 3.45. The number of carbonyl (C=O) groups is 1. The molecule has 0 aromatic carbocycles. The fourth-order valence-corrected chi connectivity index (χ4v) is 1.73. The number of rotatable bonds is 2. The van der Waals surface area contributed by atoms with E-state index in [2.05, 4.69) is 37.1 Å². The molecule has 1 aliphatic rings.